The van der Waals surface area contributed by atoms with Gasteiger partial charge in [-0.3, -0.25) is 0 Å². The third-order valence-electron chi connectivity index (χ3n) is 5.46. The number of fused-ring (bicyclic) bond motifs is 1. The van der Waals surface area contributed by atoms with Crippen LogP contribution in [0.2, 0.25) is 0 Å². The van der Waals surface area contributed by atoms with E-state index in [4.69, 9.17) is 9.47 Å². The number of hydrogen-bond acceptors (Lipinski definition) is 2. The highest BCUT2D eigenvalue weighted by atomic mass is 79.9. The molecule has 0 amide bonds. The van der Waals surface area contributed by atoms with Gasteiger partial charge in [-0.05, 0) is 57.2 Å². The van der Waals surface area contributed by atoms with Crippen LogP contribution in [0.5, 0.6) is 11.5 Å². The molecular weight excluding hydrogens is 424 g/mol. The molecule has 0 aliphatic rings. The maximum absolute atomic E-state index is 6.15. The third kappa shape index (κ3) is 8.58. The van der Waals surface area contributed by atoms with Gasteiger partial charge in [0.05, 0.1) is 13.2 Å². The highest BCUT2D eigenvalue weighted by Crippen LogP contribution is 2.34. The predicted molar refractivity (Wildman–Crippen MR) is 130 cm³/mol. The van der Waals surface area contributed by atoms with E-state index in [1.54, 1.807) is 0 Å². The van der Waals surface area contributed by atoms with Crippen LogP contribution in [0.3, 0.4) is 0 Å². The molecule has 29 heavy (non-hydrogen) atoms. The molecule has 0 saturated carbocycles. The fourth-order valence-electron chi connectivity index (χ4n) is 3.58. The van der Waals surface area contributed by atoms with Gasteiger partial charge in [0, 0.05) is 15.6 Å². The molecule has 0 bridgehead atoms. The highest BCUT2D eigenvalue weighted by molar-refractivity contribution is 9.09. The highest BCUT2D eigenvalue weighted by Gasteiger charge is 2.09. The van der Waals surface area contributed by atoms with Gasteiger partial charge in [0.2, 0.25) is 0 Å². The molecule has 1 unspecified atom stereocenters. The summed E-state index contributed by atoms with van der Waals surface area (Å²) in [5, 5.41) is 2.32. The molecule has 2 aromatic carbocycles. The van der Waals surface area contributed by atoms with Gasteiger partial charge in [-0.1, -0.05) is 79.6 Å². The maximum Gasteiger partial charge on any atom is 0.127 e. The molecule has 2 nitrogen and oxygen atoms in total. The lowest BCUT2D eigenvalue weighted by molar-refractivity contribution is 0.301. The van der Waals surface area contributed by atoms with Crippen LogP contribution in [0.15, 0.2) is 30.3 Å². The molecule has 0 aromatic heterocycles. The molecule has 2 rings (SSSR count). The van der Waals surface area contributed by atoms with Gasteiger partial charge >= 0.3 is 0 Å². The minimum atomic E-state index is 0.633. The summed E-state index contributed by atoms with van der Waals surface area (Å²) in [4.78, 5) is 0.633. The zero-order valence-corrected chi connectivity index (χ0v) is 20.2. The summed E-state index contributed by atoms with van der Waals surface area (Å²) in [5.41, 5.74) is 1.25. The van der Waals surface area contributed by atoms with Gasteiger partial charge in [0.15, 0.2) is 0 Å². The smallest absolute Gasteiger partial charge is 0.127 e. The fourth-order valence-corrected chi connectivity index (χ4v) is 3.90. The first-order valence-electron chi connectivity index (χ1n) is 11.6. The van der Waals surface area contributed by atoms with Crippen LogP contribution < -0.4 is 9.47 Å². The maximum atomic E-state index is 6.15. The largest absolute Gasteiger partial charge is 0.493 e. The second kappa shape index (κ2) is 13.9. The number of rotatable bonds is 15. The topological polar surface area (TPSA) is 18.5 Å². The summed E-state index contributed by atoms with van der Waals surface area (Å²) in [6.45, 7) is 8.17. The Bertz CT molecular complexity index is 713. The Morgan fingerprint density at radius 2 is 1.38 bits per heavy atom. The van der Waals surface area contributed by atoms with Gasteiger partial charge in [-0.2, -0.15) is 0 Å². The monoisotopic (exact) mass is 462 g/mol. The number of unbranched alkanes of at least 4 members (excludes halogenated alkanes) is 6. The van der Waals surface area contributed by atoms with Gasteiger partial charge < -0.3 is 9.47 Å². The lowest BCUT2D eigenvalue weighted by atomic mass is 10.1. The zero-order valence-electron chi connectivity index (χ0n) is 18.6. The Balaban J connectivity index is 1.91. The second-order valence-electron chi connectivity index (χ2n) is 8.08. The summed E-state index contributed by atoms with van der Waals surface area (Å²) < 4.78 is 12.3. The van der Waals surface area contributed by atoms with Gasteiger partial charge in [0.1, 0.15) is 11.5 Å². The molecule has 0 aliphatic heterocycles. The summed E-state index contributed by atoms with van der Waals surface area (Å²) in [6.07, 6.45) is 12.4. The molecule has 0 aliphatic carbocycles. The summed E-state index contributed by atoms with van der Waals surface area (Å²) in [5.74, 6) is 1.95. The van der Waals surface area contributed by atoms with Crippen molar-refractivity contribution in [3.8, 4) is 11.5 Å². The predicted octanol–water partition coefficient (Wildman–Crippen LogP) is 8.61. The Kier molecular flexibility index (Phi) is 11.5. The Labute approximate surface area is 186 Å². The van der Waals surface area contributed by atoms with Crippen LogP contribution in [0.25, 0.3) is 10.8 Å². The van der Waals surface area contributed by atoms with Gasteiger partial charge in [0.25, 0.3) is 0 Å². The SMILES string of the molecule is CCCCCCCCOc1ccc(OCCCCC(Br)CC)c2cc(C)ccc12. The number of aryl methyl sites for hydroxylation is 1. The Hall–Kier alpha value is -1.22. The van der Waals surface area contributed by atoms with Crippen molar-refractivity contribution in [3.05, 3.63) is 35.9 Å². The van der Waals surface area contributed by atoms with Crippen LogP contribution >= 0.6 is 15.9 Å². The van der Waals surface area contributed by atoms with E-state index < -0.39 is 0 Å². The molecule has 3 heteroatoms. The number of hydrogen-bond donors (Lipinski definition) is 0. The third-order valence-corrected chi connectivity index (χ3v) is 6.57. The first kappa shape index (κ1) is 24.1. The quantitative estimate of drug-likeness (QED) is 0.194. The van der Waals surface area contributed by atoms with Crippen molar-refractivity contribution in [2.75, 3.05) is 13.2 Å². The number of alkyl halides is 1. The Morgan fingerprint density at radius 1 is 0.759 bits per heavy atom. The van der Waals surface area contributed by atoms with Crippen molar-refractivity contribution in [2.24, 2.45) is 0 Å². The molecule has 0 radical (unpaired) electrons. The second-order valence-corrected chi connectivity index (χ2v) is 9.37. The molecule has 0 saturated heterocycles. The summed E-state index contributed by atoms with van der Waals surface area (Å²) in [7, 11) is 0. The van der Waals surface area contributed by atoms with Crippen molar-refractivity contribution >= 4 is 26.7 Å². The van der Waals surface area contributed by atoms with E-state index in [0.29, 0.717) is 4.83 Å². The van der Waals surface area contributed by atoms with Gasteiger partial charge in [-0.15, -0.1) is 0 Å². The Morgan fingerprint density at radius 3 is 2.07 bits per heavy atom. The van der Waals surface area contributed by atoms with E-state index in [0.717, 1.165) is 48.3 Å². The average Bonchev–Trinajstić information content (AvgIpc) is 2.73. The summed E-state index contributed by atoms with van der Waals surface area (Å²) >= 11 is 3.71. The van der Waals surface area contributed by atoms with Crippen molar-refractivity contribution in [2.45, 2.75) is 89.8 Å². The average molecular weight is 464 g/mol. The van der Waals surface area contributed by atoms with E-state index >= 15 is 0 Å². The van der Waals surface area contributed by atoms with Gasteiger partial charge in [-0.25, -0.2) is 0 Å². The van der Waals surface area contributed by atoms with Crippen LogP contribution in [-0.4, -0.2) is 18.0 Å². The molecule has 162 valence electrons. The number of ether oxygens (including phenoxy) is 2. The first-order chi connectivity index (χ1) is 14.2. The standard InChI is InChI=1S/C26H39BrO2/c1-4-6-7-8-9-11-18-28-25-16-17-26(24-20-21(3)14-15-23(24)25)29-19-12-10-13-22(27)5-2/h14-17,20,22H,4-13,18-19H2,1-3H3. The molecule has 0 spiro atoms. The molecule has 2 aromatic rings. The van der Waals surface area contributed by atoms with Crippen molar-refractivity contribution in [1.82, 2.24) is 0 Å². The number of benzene rings is 2. The minimum absolute atomic E-state index is 0.633. The lowest BCUT2D eigenvalue weighted by Crippen LogP contribution is -2.02. The lowest BCUT2D eigenvalue weighted by Gasteiger charge is -2.14. The van der Waals surface area contributed by atoms with E-state index in [9.17, 15) is 0 Å². The van der Waals surface area contributed by atoms with E-state index in [-0.39, 0.29) is 0 Å². The van der Waals surface area contributed by atoms with Crippen LogP contribution in [0.4, 0.5) is 0 Å². The normalized spacial score (nSPS) is 12.3. The molecular formula is C26H39BrO2. The van der Waals surface area contributed by atoms with Crippen molar-refractivity contribution in [3.63, 3.8) is 0 Å². The summed E-state index contributed by atoms with van der Waals surface area (Å²) in [6, 6.07) is 10.7. The first-order valence-corrected chi connectivity index (χ1v) is 12.5. The van der Waals surface area contributed by atoms with Crippen molar-refractivity contribution < 1.29 is 9.47 Å². The fraction of sp³-hybridized carbons (Fsp3) is 0.615. The minimum Gasteiger partial charge on any atom is -0.493 e. The van der Waals surface area contributed by atoms with E-state index in [1.807, 2.05) is 0 Å². The molecule has 0 heterocycles. The van der Waals surface area contributed by atoms with Crippen molar-refractivity contribution in [1.29, 1.82) is 0 Å². The number of halogens is 1. The van der Waals surface area contributed by atoms with E-state index in [1.165, 1.54) is 56.9 Å². The molecule has 1 atom stereocenters. The van der Waals surface area contributed by atoms with Crippen LogP contribution in [-0.2, 0) is 0 Å². The van der Waals surface area contributed by atoms with Crippen LogP contribution in [0.1, 0.15) is 83.6 Å². The van der Waals surface area contributed by atoms with Crippen LogP contribution in [0, 0.1) is 6.92 Å². The molecule has 0 N–H and O–H groups in total. The van der Waals surface area contributed by atoms with E-state index in [2.05, 4.69) is 67.0 Å². The zero-order chi connectivity index (χ0) is 20.9. The molecule has 0 fully saturated rings.